The highest BCUT2D eigenvalue weighted by Gasteiger charge is 2.20. The summed E-state index contributed by atoms with van der Waals surface area (Å²) in [5.41, 5.74) is 4.35. The van der Waals surface area contributed by atoms with Crippen molar-refractivity contribution < 1.29 is 9.59 Å². The fraction of sp³-hybridized carbons (Fsp3) is 0.211. The van der Waals surface area contributed by atoms with E-state index in [2.05, 4.69) is 15.8 Å². The molecule has 0 saturated carbocycles. The van der Waals surface area contributed by atoms with Crippen LogP contribution in [0.1, 0.15) is 24.5 Å². The molecule has 0 aliphatic rings. The molecule has 2 rings (SSSR count). The molecular formula is C19H21N3O2. The Morgan fingerprint density at radius 1 is 1.04 bits per heavy atom. The van der Waals surface area contributed by atoms with Gasteiger partial charge in [-0.2, -0.15) is 5.10 Å². The van der Waals surface area contributed by atoms with Crippen molar-refractivity contribution in [2.45, 2.75) is 25.8 Å². The number of nitrogens with one attached hydrogen (secondary N) is 2. The summed E-state index contributed by atoms with van der Waals surface area (Å²) in [7, 11) is 0. The van der Waals surface area contributed by atoms with E-state index in [0.717, 1.165) is 11.1 Å². The van der Waals surface area contributed by atoms with Gasteiger partial charge in [-0.3, -0.25) is 9.59 Å². The van der Waals surface area contributed by atoms with Gasteiger partial charge in [-0.15, -0.1) is 0 Å². The number of nitrogens with zero attached hydrogens (tertiary/aromatic N) is 1. The summed E-state index contributed by atoms with van der Waals surface area (Å²) < 4.78 is 0. The Labute approximate surface area is 141 Å². The number of carbonyl (C=O) groups excluding carboxylic acids is 2. The van der Waals surface area contributed by atoms with Crippen molar-refractivity contribution in [1.29, 1.82) is 0 Å². The van der Waals surface area contributed by atoms with Crippen molar-refractivity contribution in [3.8, 4) is 0 Å². The van der Waals surface area contributed by atoms with Crippen molar-refractivity contribution >= 4 is 18.0 Å². The summed E-state index contributed by atoms with van der Waals surface area (Å²) in [6, 6.07) is 18.4. The van der Waals surface area contributed by atoms with E-state index in [1.807, 2.05) is 60.7 Å². The Kier molecular flexibility index (Phi) is 6.71. The van der Waals surface area contributed by atoms with E-state index in [1.54, 1.807) is 13.1 Å². The Bertz CT molecular complexity index is 684. The second kappa shape index (κ2) is 9.25. The highest BCUT2D eigenvalue weighted by molar-refractivity contribution is 5.88. The second-order valence-electron chi connectivity index (χ2n) is 5.31. The van der Waals surface area contributed by atoms with Gasteiger partial charge in [0.1, 0.15) is 6.04 Å². The lowest BCUT2D eigenvalue weighted by Crippen LogP contribution is -2.46. The standard InChI is InChI=1S/C19H21N3O2/c1-2-18(23)21-17(13-15-9-5-3-6-10-15)19(24)22-20-14-16-11-7-4-8-12-16/h3-12,14,17H,2,13H2,1H3,(H,21,23)(H,22,24). The van der Waals surface area contributed by atoms with Crippen LogP contribution in [0.2, 0.25) is 0 Å². The summed E-state index contributed by atoms with van der Waals surface area (Å²) in [4.78, 5) is 24.0. The quantitative estimate of drug-likeness (QED) is 0.606. The molecule has 2 aromatic carbocycles. The topological polar surface area (TPSA) is 70.6 Å². The number of carbonyl (C=O) groups is 2. The van der Waals surface area contributed by atoms with Crippen LogP contribution in [0.25, 0.3) is 0 Å². The molecule has 2 amide bonds. The molecule has 24 heavy (non-hydrogen) atoms. The van der Waals surface area contributed by atoms with Gasteiger partial charge in [0.15, 0.2) is 0 Å². The minimum Gasteiger partial charge on any atom is -0.344 e. The molecule has 124 valence electrons. The zero-order valence-corrected chi connectivity index (χ0v) is 13.6. The van der Waals surface area contributed by atoms with Gasteiger partial charge < -0.3 is 5.32 Å². The third kappa shape index (κ3) is 5.68. The second-order valence-corrected chi connectivity index (χ2v) is 5.31. The van der Waals surface area contributed by atoms with Crippen LogP contribution < -0.4 is 10.7 Å². The van der Waals surface area contributed by atoms with Gasteiger partial charge in [0, 0.05) is 12.8 Å². The normalized spacial score (nSPS) is 11.9. The van der Waals surface area contributed by atoms with Gasteiger partial charge in [0.05, 0.1) is 6.21 Å². The van der Waals surface area contributed by atoms with Gasteiger partial charge in [-0.05, 0) is 11.1 Å². The van der Waals surface area contributed by atoms with E-state index in [1.165, 1.54) is 0 Å². The predicted molar refractivity (Wildman–Crippen MR) is 94.5 cm³/mol. The molecule has 0 aromatic heterocycles. The maximum absolute atomic E-state index is 12.3. The summed E-state index contributed by atoms with van der Waals surface area (Å²) in [5, 5.41) is 6.70. The Morgan fingerprint density at radius 3 is 2.29 bits per heavy atom. The number of hydrogen-bond donors (Lipinski definition) is 2. The van der Waals surface area contributed by atoms with Crippen LogP contribution in [-0.2, 0) is 16.0 Å². The van der Waals surface area contributed by atoms with Gasteiger partial charge in [0.25, 0.3) is 5.91 Å². The van der Waals surface area contributed by atoms with Crippen molar-refractivity contribution in [3.63, 3.8) is 0 Å². The Balaban J connectivity index is 2.00. The average molecular weight is 323 g/mol. The third-order valence-corrected chi connectivity index (χ3v) is 3.44. The molecule has 0 bridgehead atoms. The average Bonchev–Trinajstić information content (AvgIpc) is 2.62. The summed E-state index contributed by atoms with van der Waals surface area (Å²) in [6.07, 6.45) is 2.31. The van der Waals surface area contributed by atoms with Crippen LogP contribution >= 0.6 is 0 Å². The van der Waals surface area contributed by atoms with E-state index in [0.29, 0.717) is 12.8 Å². The summed E-state index contributed by atoms with van der Waals surface area (Å²) in [6.45, 7) is 1.75. The lowest BCUT2D eigenvalue weighted by molar-refractivity contribution is -0.128. The van der Waals surface area contributed by atoms with Crippen molar-refractivity contribution in [3.05, 3.63) is 71.8 Å². The smallest absolute Gasteiger partial charge is 0.262 e. The molecule has 0 heterocycles. The summed E-state index contributed by atoms with van der Waals surface area (Å²) in [5.74, 6) is -0.508. The van der Waals surface area contributed by atoms with Crippen molar-refractivity contribution in [2.75, 3.05) is 0 Å². The lowest BCUT2D eigenvalue weighted by Gasteiger charge is -2.16. The number of hydrogen-bond acceptors (Lipinski definition) is 3. The molecule has 0 aliphatic carbocycles. The first-order valence-electron chi connectivity index (χ1n) is 7.90. The van der Waals surface area contributed by atoms with E-state index < -0.39 is 6.04 Å². The largest absolute Gasteiger partial charge is 0.344 e. The molecule has 0 fully saturated rings. The fourth-order valence-corrected chi connectivity index (χ4v) is 2.14. The van der Waals surface area contributed by atoms with E-state index in [-0.39, 0.29) is 11.8 Å². The summed E-state index contributed by atoms with van der Waals surface area (Å²) >= 11 is 0. The minimum atomic E-state index is -0.659. The molecule has 5 nitrogen and oxygen atoms in total. The van der Waals surface area contributed by atoms with Crippen LogP contribution in [-0.4, -0.2) is 24.1 Å². The third-order valence-electron chi connectivity index (χ3n) is 3.44. The molecule has 1 unspecified atom stereocenters. The monoisotopic (exact) mass is 323 g/mol. The number of benzene rings is 2. The van der Waals surface area contributed by atoms with Gasteiger partial charge in [-0.1, -0.05) is 67.6 Å². The molecule has 2 aromatic rings. The van der Waals surface area contributed by atoms with Crippen LogP contribution in [0, 0.1) is 0 Å². The lowest BCUT2D eigenvalue weighted by atomic mass is 10.1. The Morgan fingerprint density at radius 2 is 1.67 bits per heavy atom. The zero-order valence-electron chi connectivity index (χ0n) is 13.6. The van der Waals surface area contributed by atoms with Gasteiger partial charge >= 0.3 is 0 Å². The molecule has 0 saturated heterocycles. The molecule has 0 radical (unpaired) electrons. The maximum Gasteiger partial charge on any atom is 0.262 e. The minimum absolute atomic E-state index is 0.168. The van der Waals surface area contributed by atoms with E-state index >= 15 is 0 Å². The first kappa shape index (κ1) is 17.4. The first-order valence-corrected chi connectivity index (χ1v) is 7.90. The van der Waals surface area contributed by atoms with Crippen molar-refractivity contribution in [1.82, 2.24) is 10.7 Å². The maximum atomic E-state index is 12.3. The molecule has 0 aliphatic heterocycles. The number of amides is 2. The molecule has 0 spiro atoms. The van der Waals surface area contributed by atoms with Crippen LogP contribution in [0.4, 0.5) is 0 Å². The van der Waals surface area contributed by atoms with E-state index in [4.69, 9.17) is 0 Å². The van der Waals surface area contributed by atoms with Crippen molar-refractivity contribution in [2.24, 2.45) is 5.10 Å². The predicted octanol–water partition coefficient (Wildman–Crippen LogP) is 2.27. The SMILES string of the molecule is CCC(=O)NC(Cc1ccccc1)C(=O)NN=Cc1ccccc1. The van der Waals surface area contributed by atoms with Gasteiger partial charge in [0.2, 0.25) is 5.91 Å². The van der Waals surface area contributed by atoms with Crippen LogP contribution in [0.3, 0.4) is 0 Å². The van der Waals surface area contributed by atoms with E-state index in [9.17, 15) is 9.59 Å². The number of hydrazone groups is 1. The first-order chi connectivity index (χ1) is 11.7. The Hall–Kier alpha value is -2.95. The highest BCUT2D eigenvalue weighted by Crippen LogP contribution is 2.04. The molecular weight excluding hydrogens is 302 g/mol. The number of rotatable bonds is 7. The molecule has 5 heteroatoms. The van der Waals surface area contributed by atoms with Gasteiger partial charge in [-0.25, -0.2) is 5.43 Å². The zero-order chi connectivity index (χ0) is 17.2. The fourth-order valence-electron chi connectivity index (χ4n) is 2.14. The molecule has 1 atom stereocenters. The van der Waals surface area contributed by atoms with Crippen LogP contribution in [0.5, 0.6) is 0 Å². The highest BCUT2D eigenvalue weighted by atomic mass is 16.2. The molecule has 2 N–H and O–H groups in total. The van der Waals surface area contributed by atoms with Crippen LogP contribution in [0.15, 0.2) is 65.8 Å².